The number of aryl methyl sites for hydroxylation is 1. The van der Waals surface area contributed by atoms with Crippen LogP contribution in [0, 0.1) is 11.8 Å². The van der Waals surface area contributed by atoms with Crippen LogP contribution in [0.15, 0.2) is 48.5 Å². The minimum Gasteiger partial charge on any atom is -0.493 e. The average molecular weight is 430 g/mol. The van der Waals surface area contributed by atoms with Gasteiger partial charge in [0.1, 0.15) is 17.6 Å². The van der Waals surface area contributed by atoms with E-state index in [0.29, 0.717) is 18.4 Å². The summed E-state index contributed by atoms with van der Waals surface area (Å²) in [6.45, 7) is 1.28. The smallest absolute Gasteiger partial charge is 0.208 e. The number of ether oxygens (including phenoxy) is 2. The van der Waals surface area contributed by atoms with Crippen molar-refractivity contribution in [3.8, 4) is 11.5 Å². The molecule has 1 aliphatic carbocycles. The molecular weight excluding hydrogens is 398 g/mol. The minimum atomic E-state index is -3.10. The Bertz CT molecular complexity index is 937. The first kappa shape index (κ1) is 21.2. The van der Waals surface area contributed by atoms with Gasteiger partial charge in [-0.05, 0) is 79.7 Å². The number of benzene rings is 2. The highest BCUT2D eigenvalue weighted by Gasteiger charge is 2.24. The van der Waals surface area contributed by atoms with Crippen molar-refractivity contribution >= 4 is 10.0 Å². The van der Waals surface area contributed by atoms with E-state index >= 15 is 0 Å². The average Bonchev–Trinajstić information content (AvgIpc) is 2.76. The van der Waals surface area contributed by atoms with Gasteiger partial charge in [0.2, 0.25) is 10.0 Å². The van der Waals surface area contributed by atoms with Crippen LogP contribution >= 0.6 is 0 Å². The van der Waals surface area contributed by atoms with E-state index in [1.165, 1.54) is 17.4 Å². The Morgan fingerprint density at radius 3 is 2.47 bits per heavy atom. The summed E-state index contributed by atoms with van der Waals surface area (Å²) in [6, 6.07) is 16.6. The van der Waals surface area contributed by atoms with Crippen LogP contribution in [-0.4, -0.2) is 27.8 Å². The topological polar surface area (TPSA) is 64.6 Å². The lowest BCUT2D eigenvalue weighted by Crippen LogP contribution is -2.31. The monoisotopic (exact) mass is 429 g/mol. The fourth-order valence-corrected chi connectivity index (χ4v) is 4.98. The number of rotatable bonds is 7. The maximum absolute atomic E-state index is 11.2. The van der Waals surface area contributed by atoms with Gasteiger partial charge >= 0.3 is 0 Å². The van der Waals surface area contributed by atoms with Crippen molar-refractivity contribution in [2.45, 2.75) is 44.6 Å². The summed E-state index contributed by atoms with van der Waals surface area (Å²) in [5.41, 5.74) is 2.45. The highest BCUT2D eigenvalue weighted by atomic mass is 32.2. The first-order valence-electron chi connectivity index (χ1n) is 10.9. The normalized spacial score (nSPS) is 24.0. The van der Waals surface area contributed by atoms with Gasteiger partial charge in [-0.3, -0.25) is 0 Å². The second kappa shape index (κ2) is 9.40. The van der Waals surface area contributed by atoms with E-state index in [2.05, 4.69) is 35.1 Å². The molecule has 162 valence electrons. The van der Waals surface area contributed by atoms with E-state index in [9.17, 15) is 8.42 Å². The molecule has 0 bridgehead atoms. The second-order valence-corrected chi connectivity index (χ2v) is 10.5. The Balaban J connectivity index is 1.25. The molecule has 5 nitrogen and oxygen atoms in total. The van der Waals surface area contributed by atoms with Crippen LogP contribution in [0.4, 0.5) is 0 Å². The number of sulfonamides is 1. The van der Waals surface area contributed by atoms with E-state index in [4.69, 9.17) is 9.47 Å². The van der Waals surface area contributed by atoms with Crippen LogP contribution in [0.1, 0.15) is 49.3 Å². The van der Waals surface area contributed by atoms with Crippen LogP contribution in [0.5, 0.6) is 11.5 Å². The number of hydrogen-bond donors (Lipinski definition) is 1. The molecule has 1 heterocycles. The van der Waals surface area contributed by atoms with Crippen molar-refractivity contribution in [3.63, 3.8) is 0 Å². The summed E-state index contributed by atoms with van der Waals surface area (Å²) in [6.07, 6.45) is 7.59. The number of hydrogen-bond acceptors (Lipinski definition) is 4. The third-order valence-corrected chi connectivity index (χ3v) is 6.93. The van der Waals surface area contributed by atoms with Gasteiger partial charge in [-0.15, -0.1) is 0 Å². The number of fused-ring (bicyclic) bond motifs is 1. The SMILES string of the molecule is CS(=O)(=O)NCC1CCC(COc2ccc3c(c2)CCC(c2ccccc2)O3)CC1. The van der Waals surface area contributed by atoms with Gasteiger partial charge in [0.05, 0.1) is 12.9 Å². The summed E-state index contributed by atoms with van der Waals surface area (Å²) in [7, 11) is -3.10. The Morgan fingerprint density at radius 1 is 1.00 bits per heavy atom. The van der Waals surface area contributed by atoms with Gasteiger partial charge in [0, 0.05) is 6.54 Å². The van der Waals surface area contributed by atoms with Gasteiger partial charge in [-0.25, -0.2) is 13.1 Å². The molecular formula is C24H31NO4S. The van der Waals surface area contributed by atoms with Crippen LogP contribution in [-0.2, 0) is 16.4 Å². The van der Waals surface area contributed by atoms with E-state index in [-0.39, 0.29) is 6.10 Å². The fourth-order valence-electron chi connectivity index (χ4n) is 4.44. The highest BCUT2D eigenvalue weighted by molar-refractivity contribution is 7.88. The predicted molar refractivity (Wildman–Crippen MR) is 118 cm³/mol. The molecule has 30 heavy (non-hydrogen) atoms. The third-order valence-electron chi connectivity index (χ3n) is 6.23. The van der Waals surface area contributed by atoms with Crippen LogP contribution in [0.2, 0.25) is 0 Å². The van der Waals surface area contributed by atoms with Crippen molar-refractivity contribution < 1.29 is 17.9 Å². The summed E-state index contributed by atoms with van der Waals surface area (Å²) in [5.74, 6) is 2.85. The van der Waals surface area contributed by atoms with Crippen molar-refractivity contribution in [2.24, 2.45) is 11.8 Å². The van der Waals surface area contributed by atoms with Crippen LogP contribution < -0.4 is 14.2 Å². The Kier molecular flexibility index (Phi) is 6.64. The molecule has 1 saturated carbocycles. The molecule has 4 rings (SSSR count). The lowest BCUT2D eigenvalue weighted by Gasteiger charge is -2.29. The van der Waals surface area contributed by atoms with E-state index in [0.717, 1.165) is 56.6 Å². The molecule has 1 fully saturated rings. The quantitative estimate of drug-likeness (QED) is 0.704. The van der Waals surface area contributed by atoms with Crippen molar-refractivity contribution in [1.29, 1.82) is 0 Å². The van der Waals surface area contributed by atoms with E-state index in [1.54, 1.807) is 0 Å². The molecule has 0 amide bonds. The molecule has 1 unspecified atom stereocenters. The van der Waals surface area contributed by atoms with Gasteiger partial charge in [0.25, 0.3) is 0 Å². The molecule has 1 atom stereocenters. The minimum absolute atomic E-state index is 0.123. The molecule has 2 aromatic carbocycles. The molecule has 1 N–H and O–H groups in total. The fraction of sp³-hybridized carbons (Fsp3) is 0.500. The summed E-state index contributed by atoms with van der Waals surface area (Å²) in [5, 5.41) is 0. The molecule has 0 radical (unpaired) electrons. The standard InChI is InChI=1S/C24H31NO4S/c1-30(26,27)25-16-18-7-9-19(10-8-18)17-28-22-12-14-24-21(15-22)11-13-23(29-24)20-5-3-2-4-6-20/h2-6,12,14-15,18-19,23,25H,7-11,13,16-17H2,1H3. The Hall–Kier alpha value is -2.05. The summed E-state index contributed by atoms with van der Waals surface area (Å²) >= 11 is 0. The second-order valence-electron chi connectivity index (χ2n) is 8.64. The van der Waals surface area contributed by atoms with Crippen molar-refractivity contribution in [2.75, 3.05) is 19.4 Å². The predicted octanol–water partition coefficient (Wildman–Crippen LogP) is 4.49. The highest BCUT2D eigenvalue weighted by Crippen LogP contribution is 2.37. The first-order chi connectivity index (χ1) is 14.5. The van der Waals surface area contributed by atoms with Crippen molar-refractivity contribution in [1.82, 2.24) is 4.72 Å². The van der Waals surface area contributed by atoms with Gasteiger partial charge < -0.3 is 9.47 Å². The molecule has 6 heteroatoms. The molecule has 0 aromatic heterocycles. The van der Waals surface area contributed by atoms with E-state index in [1.807, 2.05) is 18.2 Å². The summed E-state index contributed by atoms with van der Waals surface area (Å²) < 4.78 is 37.5. The van der Waals surface area contributed by atoms with Gasteiger partial charge in [0.15, 0.2) is 0 Å². The van der Waals surface area contributed by atoms with Gasteiger partial charge in [-0.1, -0.05) is 30.3 Å². The third kappa shape index (κ3) is 5.76. The molecule has 0 saturated heterocycles. The maximum atomic E-state index is 11.2. The zero-order chi connectivity index (χ0) is 21.0. The lowest BCUT2D eigenvalue weighted by atomic mass is 9.82. The largest absolute Gasteiger partial charge is 0.493 e. The molecule has 2 aliphatic rings. The van der Waals surface area contributed by atoms with E-state index < -0.39 is 10.0 Å². The maximum Gasteiger partial charge on any atom is 0.208 e. The zero-order valence-electron chi connectivity index (χ0n) is 17.5. The number of nitrogens with one attached hydrogen (secondary N) is 1. The van der Waals surface area contributed by atoms with Crippen LogP contribution in [0.3, 0.4) is 0 Å². The molecule has 0 spiro atoms. The molecule has 1 aliphatic heterocycles. The van der Waals surface area contributed by atoms with Crippen LogP contribution in [0.25, 0.3) is 0 Å². The van der Waals surface area contributed by atoms with Crippen molar-refractivity contribution in [3.05, 3.63) is 59.7 Å². The first-order valence-corrected chi connectivity index (χ1v) is 12.8. The zero-order valence-corrected chi connectivity index (χ0v) is 18.4. The Morgan fingerprint density at radius 2 is 1.73 bits per heavy atom. The summed E-state index contributed by atoms with van der Waals surface area (Å²) in [4.78, 5) is 0. The molecule has 2 aromatic rings. The Labute approximate surface area is 179 Å². The van der Waals surface area contributed by atoms with Gasteiger partial charge in [-0.2, -0.15) is 0 Å². The lowest BCUT2D eigenvalue weighted by molar-refractivity contribution is 0.172.